The number of likely N-dealkylation sites (tertiary alicyclic amines) is 1. The first kappa shape index (κ1) is 16.1. The highest BCUT2D eigenvalue weighted by atomic mass is 16.4. The first-order valence-corrected chi connectivity index (χ1v) is 8.33. The number of nitrogens with one attached hydrogen (secondary N) is 1. The Bertz CT molecular complexity index is 380. The number of nitrogens with zero attached hydrogens (tertiary/aromatic N) is 1. The number of carboxylic acids is 1. The van der Waals surface area contributed by atoms with E-state index in [1.54, 1.807) is 6.92 Å². The Hall–Kier alpha value is -1.26. The van der Waals surface area contributed by atoms with Gasteiger partial charge in [0, 0.05) is 13.1 Å². The summed E-state index contributed by atoms with van der Waals surface area (Å²) in [6.45, 7) is 2.85. The van der Waals surface area contributed by atoms with Crippen molar-refractivity contribution < 1.29 is 14.7 Å². The van der Waals surface area contributed by atoms with Crippen LogP contribution in [0, 0.1) is 5.92 Å². The van der Waals surface area contributed by atoms with Crippen LogP contribution in [0.5, 0.6) is 0 Å². The van der Waals surface area contributed by atoms with E-state index in [1.807, 2.05) is 0 Å². The molecule has 21 heavy (non-hydrogen) atoms. The van der Waals surface area contributed by atoms with Crippen LogP contribution in [0.15, 0.2) is 0 Å². The maximum absolute atomic E-state index is 12.3. The van der Waals surface area contributed by atoms with Crippen LogP contribution in [0.25, 0.3) is 0 Å². The van der Waals surface area contributed by atoms with E-state index >= 15 is 0 Å². The fraction of sp³-hybridized carbons (Fsp3) is 0.875. The summed E-state index contributed by atoms with van der Waals surface area (Å²) in [7, 11) is 0. The van der Waals surface area contributed by atoms with Gasteiger partial charge >= 0.3 is 12.0 Å². The Morgan fingerprint density at radius 3 is 2.62 bits per heavy atom. The third-order valence-electron chi connectivity index (χ3n) is 5.14. The number of carbonyl (C=O) groups is 2. The van der Waals surface area contributed by atoms with Crippen molar-refractivity contribution >= 4 is 12.0 Å². The topological polar surface area (TPSA) is 69.6 Å². The molecule has 5 heteroatoms. The maximum atomic E-state index is 12.3. The minimum Gasteiger partial charge on any atom is -0.480 e. The molecule has 2 amide bonds. The summed E-state index contributed by atoms with van der Waals surface area (Å²) in [5.41, 5.74) is -1.05. The summed E-state index contributed by atoms with van der Waals surface area (Å²) in [6, 6.07) is -0.217. The number of carbonyl (C=O) groups excluding carboxylic acids is 1. The molecule has 120 valence electrons. The molecule has 1 atom stereocenters. The molecule has 0 spiro atoms. The second kappa shape index (κ2) is 7.14. The summed E-state index contributed by atoms with van der Waals surface area (Å²) in [5, 5.41) is 12.3. The van der Waals surface area contributed by atoms with E-state index in [0.717, 1.165) is 25.2 Å². The van der Waals surface area contributed by atoms with Gasteiger partial charge in [-0.25, -0.2) is 9.59 Å². The van der Waals surface area contributed by atoms with E-state index in [2.05, 4.69) is 5.32 Å². The standard InChI is InChI=1S/C16H28N2O3/c1-16(14(19)20)10-4-5-12-18(16)15(21)17-11-6-9-13-7-2-3-8-13/h13H,2-12H2,1H3,(H,17,21)(H,19,20). The van der Waals surface area contributed by atoms with Crippen LogP contribution in [0.2, 0.25) is 0 Å². The second-order valence-corrected chi connectivity index (χ2v) is 6.71. The molecular formula is C16H28N2O3. The van der Waals surface area contributed by atoms with Crippen molar-refractivity contribution in [3.63, 3.8) is 0 Å². The number of amides is 2. The van der Waals surface area contributed by atoms with Crippen LogP contribution in [0.1, 0.15) is 64.7 Å². The molecule has 2 rings (SSSR count). The van der Waals surface area contributed by atoms with Gasteiger partial charge in [0.25, 0.3) is 0 Å². The van der Waals surface area contributed by atoms with Gasteiger partial charge in [0.15, 0.2) is 0 Å². The lowest BCUT2D eigenvalue weighted by molar-refractivity contribution is -0.150. The molecule has 0 bridgehead atoms. The van der Waals surface area contributed by atoms with E-state index in [-0.39, 0.29) is 6.03 Å². The lowest BCUT2D eigenvalue weighted by Crippen LogP contribution is -2.60. The zero-order chi connectivity index (χ0) is 15.3. The number of hydrogen-bond donors (Lipinski definition) is 2. The van der Waals surface area contributed by atoms with Crippen molar-refractivity contribution in [1.29, 1.82) is 0 Å². The number of rotatable bonds is 5. The fourth-order valence-corrected chi connectivity index (χ4v) is 3.65. The Kier molecular flexibility index (Phi) is 5.48. The van der Waals surface area contributed by atoms with Crippen LogP contribution in [-0.2, 0) is 4.79 Å². The van der Waals surface area contributed by atoms with Crippen molar-refractivity contribution in [2.75, 3.05) is 13.1 Å². The lowest BCUT2D eigenvalue weighted by Gasteiger charge is -2.41. The van der Waals surface area contributed by atoms with E-state index in [1.165, 1.54) is 37.0 Å². The summed E-state index contributed by atoms with van der Waals surface area (Å²) < 4.78 is 0. The Morgan fingerprint density at radius 2 is 1.95 bits per heavy atom. The molecule has 1 unspecified atom stereocenters. The molecule has 2 aliphatic rings. The highest BCUT2D eigenvalue weighted by Crippen LogP contribution is 2.29. The molecule has 1 saturated heterocycles. The van der Waals surface area contributed by atoms with E-state index in [9.17, 15) is 14.7 Å². The number of hydrogen-bond acceptors (Lipinski definition) is 2. The summed E-state index contributed by atoms with van der Waals surface area (Å²) in [5.74, 6) is -0.0653. The van der Waals surface area contributed by atoms with E-state index < -0.39 is 11.5 Å². The normalized spacial score (nSPS) is 26.8. The van der Waals surface area contributed by atoms with Crippen LogP contribution in [0.3, 0.4) is 0 Å². The van der Waals surface area contributed by atoms with Crippen molar-refractivity contribution in [1.82, 2.24) is 10.2 Å². The molecule has 2 N–H and O–H groups in total. The monoisotopic (exact) mass is 296 g/mol. The minimum atomic E-state index is -1.05. The van der Waals surface area contributed by atoms with Crippen LogP contribution in [0.4, 0.5) is 4.79 Å². The average molecular weight is 296 g/mol. The number of carboxylic acid groups (broad SMARTS) is 1. The number of aliphatic carboxylic acids is 1. The SMILES string of the molecule is CC1(C(=O)O)CCCCN1C(=O)NCCCC1CCCC1. The Morgan fingerprint density at radius 1 is 1.24 bits per heavy atom. The molecule has 2 fully saturated rings. The second-order valence-electron chi connectivity index (χ2n) is 6.71. The molecule has 1 aliphatic heterocycles. The van der Waals surface area contributed by atoms with Crippen molar-refractivity contribution in [2.45, 2.75) is 70.3 Å². The third-order valence-corrected chi connectivity index (χ3v) is 5.14. The Labute approximate surface area is 127 Å². The molecule has 1 heterocycles. The van der Waals surface area contributed by atoms with Gasteiger partial charge in [0.05, 0.1) is 0 Å². The first-order chi connectivity index (χ1) is 10.0. The zero-order valence-corrected chi connectivity index (χ0v) is 13.1. The van der Waals surface area contributed by atoms with Crippen LogP contribution in [-0.4, -0.2) is 40.6 Å². The van der Waals surface area contributed by atoms with Gasteiger partial charge in [-0.3, -0.25) is 0 Å². The minimum absolute atomic E-state index is 0.217. The fourth-order valence-electron chi connectivity index (χ4n) is 3.65. The predicted octanol–water partition coefficient (Wildman–Crippen LogP) is 3.00. The average Bonchev–Trinajstić information content (AvgIpc) is 2.97. The highest BCUT2D eigenvalue weighted by molar-refractivity contribution is 5.86. The first-order valence-electron chi connectivity index (χ1n) is 8.33. The zero-order valence-electron chi connectivity index (χ0n) is 13.1. The molecule has 1 aliphatic carbocycles. The van der Waals surface area contributed by atoms with Gasteiger partial charge in [-0.05, 0) is 44.9 Å². The lowest BCUT2D eigenvalue weighted by atomic mass is 9.89. The molecule has 1 saturated carbocycles. The number of piperidine rings is 1. The van der Waals surface area contributed by atoms with E-state index in [0.29, 0.717) is 19.5 Å². The summed E-state index contributed by atoms with van der Waals surface area (Å²) in [6.07, 6.45) is 9.83. The third kappa shape index (κ3) is 3.89. The molecule has 0 radical (unpaired) electrons. The van der Waals surface area contributed by atoms with Crippen LogP contribution >= 0.6 is 0 Å². The van der Waals surface area contributed by atoms with Crippen molar-refractivity contribution in [2.24, 2.45) is 5.92 Å². The maximum Gasteiger partial charge on any atom is 0.329 e. The van der Waals surface area contributed by atoms with Crippen molar-refractivity contribution in [3.05, 3.63) is 0 Å². The molecule has 0 aromatic rings. The van der Waals surface area contributed by atoms with E-state index in [4.69, 9.17) is 0 Å². The highest BCUT2D eigenvalue weighted by Gasteiger charge is 2.43. The van der Waals surface area contributed by atoms with Gasteiger partial charge in [-0.15, -0.1) is 0 Å². The largest absolute Gasteiger partial charge is 0.480 e. The Balaban J connectivity index is 1.76. The quantitative estimate of drug-likeness (QED) is 0.766. The van der Waals surface area contributed by atoms with Gasteiger partial charge in [-0.1, -0.05) is 25.7 Å². The molecule has 5 nitrogen and oxygen atoms in total. The molecule has 0 aromatic carbocycles. The van der Waals surface area contributed by atoms with Gasteiger partial charge in [-0.2, -0.15) is 0 Å². The summed E-state index contributed by atoms with van der Waals surface area (Å²) in [4.78, 5) is 25.2. The smallest absolute Gasteiger partial charge is 0.329 e. The summed E-state index contributed by atoms with van der Waals surface area (Å²) >= 11 is 0. The van der Waals surface area contributed by atoms with Crippen LogP contribution < -0.4 is 5.32 Å². The van der Waals surface area contributed by atoms with Gasteiger partial charge in [0.2, 0.25) is 0 Å². The van der Waals surface area contributed by atoms with Gasteiger partial charge in [0.1, 0.15) is 5.54 Å². The predicted molar refractivity (Wildman–Crippen MR) is 81.2 cm³/mol. The number of urea groups is 1. The van der Waals surface area contributed by atoms with Gasteiger partial charge < -0.3 is 15.3 Å². The van der Waals surface area contributed by atoms with Crippen molar-refractivity contribution in [3.8, 4) is 0 Å². The molecule has 0 aromatic heterocycles. The molecular weight excluding hydrogens is 268 g/mol.